The third-order valence-corrected chi connectivity index (χ3v) is 18.6. The predicted molar refractivity (Wildman–Crippen MR) is 226 cm³/mol. The van der Waals surface area contributed by atoms with Crippen LogP contribution in [0.2, 0.25) is 0 Å². The highest BCUT2D eigenvalue weighted by Gasteiger charge is 2.85. The van der Waals surface area contributed by atoms with Crippen LogP contribution in [0.3, 0.4) is 0 Å². The first-order valence-corrected chi connectivity index (χ1v) is 24.4. The van der Waals surface area contributed by atoms with E-state index in [0.29, 0.717) is 25.8 Å². The molecule has 5 amide bonds. The number of rotatable bonds is 13. The van der Waals surface area contributed by atoms with E-state index in [-0.39, 0.29) is 58.4 Å². The molecule has 7 aliphatic rings. The lowest BCUT2D eigenvalue weighted by atomic mass is 9.73. The molecule has 7 rings (SSSR count). The summed E-state index contributed by atoms with van der Waals surface area (Å²) in [6.07, 6.45) is 14.4. The van der Waals surface area contributed by atoms with Crippen molar-refractivity contribution >= 4 is 39.6 Å². The molecule has 7 atom stereocenters. The Hall–Kier alpha value is -3.00. The van der Waals surface area contributed by atoms with Crippen LogP contribution in [0.1, 0.15) is 151 Å². The summed E-state index contributed by atoms with van der Waals surface area (Å²) in [6.45, 7) is 19.4. The number of fused-ring (bicyclic) bond motifs is 1. The van der Waals surface area contributed by atoms with Gasteiger partial charge in [0.2, 0.25) is 33.7 Å². The molecule has 2 saturated heterocycles. The molecule has 13 nitrogen and oxygen atoms in total. The van der Waals surface area contributed by atoms with Crippen molar-refractivity contribution < 1.29 is 32.4 Å². The third-order valence-electron chi connectivity index (χ3n) is 16.8. The maximum Gasteiger partial charge on any atom is 0.259 e. The van der Waals surface area contributed by atoms with E-state index in [4.69, 9.17) is 0 Å². The number of hydrogen-bond donors (Lipinski definition) is 4. The molecule has 2 aliphatic heterocycles. The highest BCUT2D eigenvalue weighted by Crippen LogP contribution is 2.88. The van der Waals surface area contributed by atoms with E-state index in [1.54, 1.807) is 11.0 Å². The fourth-order valence-corrected chi connectivity index (χ4v) is 14.0. The van der Waals surface area contributed by atoms with Crippen molar-refractivity contribution in [3.05, 3.63) is 12.7 Å². The minimum atomic E-state index is -3.91. The van der Waals surface area contributed by atoms with Crippen LogP contribution in [0.5, 0.6) is 0 Å². The molecule has 2 heterocycles. The van der Waals surface area contributed by atoms with E-state index in [2.05, 4.69) is 59.8 Å². The molecule has 5 saturated carbocycles. The maximum absolute atomic E-state index is 15.3. The van der Waals surface area contributed by atoms with Crippen LogP contribution >= 0.6 is 0 Å². The molecule has 330 valence electrons. The fourth-order valence-electron chi connectivity index (χ4n) is 12.4. The minimum absolute atomic E-state index is 0.0114. The molecular weight excluding hydrogens is 769 g/mol. The van der Waals surface area contributed by atoms with Crippen LogP contribution in [-0.4, -0.2) is 102 Å². The smallest absolute Gasteiger partial charge is 0.259 e. The number of amides is 5. The van der Waals surface area contributed by atoms with Crippen molar-refractivity contribution in [2.45, 2.75) is 192 Å². The number of hydrogen-bond acceptors (Lipinski definition) is 8. The standard InChI is InChI=1S/C45H72N6O7S/c1-9-30-25-45(30,40(56)49-59(57,58)31-19-15-20-31)48-37(53)33-26-44(42(7,8)43(44)22-16-23-43)27-51(33)39(55)35(41(4,5)6)47-38(54)34(29-17-11-10-12-18-29)46-36(52)32-21-13-14-24-50(32)28(2)3/h9,28-35H,1,10-27H2,2-8H3,(H,46,52)(H,47,54)(H,48,53)(H,49,56)/t30-,32+,33+,34+,35-,44-,45-/m1/s1. The van der Waals surface area contributed by atoms with E-state index in [1.807, 2.05) is 20.8 Å². The number of likely N-dealkylation sites (tertiary alicyclic amines) is 2. The van der Waals surface area contributed by atoms with Crippen molar-refractivity contribution in [3.63, 3.8) is 0 Å². The zero-order chi connectivity index (χ0) is 42.9. The molecule has 0 aromatic carbocycles. The molecule has 0 aromatic heterocycles. The third kappa shape index (κ3) is 7.45. The number of carbonyl (C=O) groups is 5. The first kappa shape index (κ1) is 44.1. The Labute approximate surface area is 352 Å². The van der Waals surface area contributed by atoms with Crippen LogP contribution in [-0.2, 0) is 34.0 Å². The van der Waals surface area contributed by atoms with Gasteiger partial charge in [0.05, 0.1) is 11.3 Å². The van der Waals surface area contributed by atoms with Gasteiger partial charge in [0.15, 0.2) is 0 Å². The van der Waals surface area contributed by atoms with E-state index >= 15 is 4.79 Å². The monoisotopic (exact) mass is 841 g/mol. The molecule has 0 radical (unpaired) electrons. The van der Waals surface area contributed by atoms with Crippen molar-refractivity contribution in [2.75, 3.05) is 13.1 Å². The van der Waals surface area contributed by atoms with Crippen molar-refractivity contribution in [2.24, 2.45) is 33.5 Å². The van der Waals surface area contributed by atoms with Gasteiger partial charge in [0, 0.05) is 23.9 Å². The van der Waals surface area contributed by atoms with E-state index < -0.39 is 62.1 Å². The summed E-state index contributed by atoms with van der Waals surface area (Å²) in [4.78, 5) is 76.5. The van der Waals surface area contributed by atoms with Crippen LogP contribution in [0, 0.1) is 33.5 Å². The minimum Gasteiger partial charge on any atom is -0.343 e. The zero-order valence-corrected chi connectivity index (χ0v) is 37.6. The first-order chi connectivity index (χ1) is 27.7. The van der Waals surface area contributed by atoms with E-state index in [9.17, 15) is 27.6 Å². The van der Waals surface area contributed by atoms with Gasteiger partial charge in [-0.25, -0.2) is 8.42 Å². The molecule has 0 bridgehead atoms. The van der Waals surface area contributed by atoms with Gasteiger partial charge in [-0.15, -0.1) is 6.58 Å². The number of piperidine rings is 1. The fraction of sp³-hybridized carbons (Fsp3) is 0.844. The lowest BCUT2D eigenvalue weighted by molar-refractivity contribution is -0.145. The molecule has 5 aliphatic carbocycles. The van der Waals surface area contributed by atoms with Gasteiger partial charge in [-0.3, -0.25) is 33.6 Å². The van der Waals surface area contributed by atoms with Gasteiger partial charge >= 0.3 is 0 Å². The van der Waals surface area contributed by atoms with E-state index in [1.165, 1.54) is 0 Å². The van der Waals surface area contributed by atoms with Crippen LogP contribution in [0.4, 0.5) is 0 Å². The summed E-state index contributed by atoms with van der Waals surface area (Å²) in [5.41, 5.74) is -2.73. The summed E-state index contributed by atoms with van der Waals surface area (Å²) in [6, 6.07) is -2.89. The number of carbonyl (C=O) groups excluding carboxylic acids is 5. The average Bonchev–Trinajstić information content (AvgIpc) is 3.86. The summed E-state index contributed by atoms with van der Waals surface area (Å²) in [5.74, 6) is -2.68. The second-order valence-electron chi connectivity index (χ2n) is 21.4. The Kier molecular flexibility index (Phi) is 11.7. The highest BCUT2D eigenvalue weighted by molar-refractivity contribution is 7.90. The molecular formula is C45H72N6O7S. The van der Waals surface area contributed by atoms with Gasteiger partial charge in [-0.2, -0.15) is 0 Å². The summed E-state index contributed by atoms with van der Waals surface area (Å²) in [7, 11) is -3.91. The van der Waals surface area contributed by atoms with Crippen LogP contribution < -0.4 is 20.7 Å². The van der Waals surface area contributed by atoms with Gasteiger partial charge < -0.3 is 20.9 Å². The topological polar surface area (TPSA) is 174 Å². The Morgan fingerprint density at radius 3 is 1.98 bits per heavy atom. The molecule has 2 spiro atoms. The molecule has 7 fully saturated rings. The highest BCUT2D eigenvalue weighted by atomic mass is 32.2. The van der Waals surface area contributed by atoms with Crippen molar-refractivity contribution in [1.82, 2.24) is 30.5 Å². The lowest BCUT2D eigenvalue weighted by Crippen LogP contribution is -2.63. The van der Waals surface area contributed by atoms with Gasteiger partial charge in [0.25, 0.3) is 5.91 Å². The lowest BCUT2D eigenvalue weighted by Gasteiger charge is -2.40. The van der Waals surface area contributed by atoms with Crippen molar-refractivity contribution in [3.8, 4) is 0 Å². The van der Waals surface area contributed by atoms with Gasteiger partial charge in [-0.05, 0) is 107 Å². The first-order valence-electron chi connectivity index (χ1n) is 22.8. The summed E-state index contributed by atoms with van der Waals surface area (Å²) in [5, 5.41) is 8.71. The quantitative estimate of drug-likeness (QED) is 0.193. The Balaban J connectivity index is 1.15. The van der Waals surface area contributed by atoms with Crippen LogP contribution in [0.25, 0.3) is 0 Å². The SMILES string of the molecule is C=C[C@@H]1C[C@]1(NC(=O)[C@@H]1C[C@@]2(CN1C(=O)[C@@H](NC(=O)[C@@H](NC(=O)[C@@H]1CCCCN1C(C)C)C1CCCCC1)C(C)(C)C)C(C)(C)C21CCC1)C(=O)NS(=O)(=O)C1CCC1. The maximum atomic E-state index is 15.3. The molecule has 59 heavy (non-hydrogen) atoms. The number of sulfonamides is 1. The normalized spacial score (nSPS) is 32.7. The largest absolute Gasteiger partial charge is 0.343 e. The molecule has 14 heteroatoms. The second kappa shape index (κ2) is 15.7. The predicted octanol–water partition coefficient (Wildman–Crippen LogP) is 4.70. The summed E-state index contributed by atoms with van der Waals surface area (Å²) < 4.78 is 28.4. The molecule has 4 N–H and O–H groups in total. The van der Waals surface area contributed by atoms with E-state index in [0.717, 1.165) is 83.6 Å². The number of nitrogens with zero attached hydrogens (tertiary/aromatic N) is 2. The molecule has 0 unspecified atom stereocenters. The van der Waals surface area contributed by atoms with Gasteiger partial charge in [-0.1, -0.05) is 79.2 Å². The zero-order valence-electron chi connectivity index (χ0n) is 36.8. The average molecular weight is 841 g/mol. The van der Waals surface area contributed by atoms with Gasteiger partial charge in [0.1, 0.15) is 23.7 Å². The Morgan fingerprint density at radius 2 is 1.46 bits per heavy atom. The number of nitrogens with one attached hydrogen (secondary N) is 4. The van der Waals surface area contributed by atoms with Crippen molar-refractivity contribution in [1.29, 1.82) is 0 Å². The second-order valence-corrected chi connectivity index (χ2v) is 23.4. The Bertz CT molecular complexity index is 1810. The molecule has 0 aromatic rings. The summed E-state index contributed by atoms with van der Waals surface area (Å²) >= 11 is 0. The van der Waals surface area contributed by atoms with Crippen LogP contribution in [0.15, 0.2) is 12.7 Å². The Morgan fingerprint density at radius 1 is 0.797 bits per heavy atom.